The molecule has 0 aliphatic carbocycles. The molecule has 0 aromatic heterocycles. The number of benzene rings is 2. The van der Waals surface area contributed by atoms with Crippen LogP contribution in [0.4, 0.5) is 0 Å². The second-order valence-electron chi connectivity index (χ2n) is 6.49. The van der Waals surface area contributed by atoms with Crippen LogP contribution in [0.3, 0.4) is 0 Å². The summed E-state index contributed by atoms with van der Waals surface area (Å²) in [5.74, 6) is 1.10. The SMILES string of the molecule is Cc1cccc([C@H]2CCCN2S(=O)(=O)c2ccc3c(c2)OCCO3)c1. The van der Waals surface area contributed by atoms with Gasteiger partial charge in [-0.1, -0.05) is 29.8 Å². The molecule has 132 valence electrons. The van der Waals surface area contributed by atoms with Crippen LogP contribution < -0.4 is 9.47 Å². The Hall–Kier alpha value is -2.05. The molecule has 2 aliphatic heterocycles. The van der Waals surface area contributed by atoms with Crippen LogP contribution in [0, 0.1) is 6.92 Å². The van der Waals surface area contributed by atoms with Gasteiger partial charge in [0, 0.05) is 12.6 Å². The molecule has 0 N–H and O–H groups in total. The molecule has 2 aromatic rings. The molecule has 0 spiro atoms. The third kappa shape index (κ3) is 3.00. The minimum absolute atomic E-state index is 0.113. The fourth-order valence-electron chi connectivity index (χ4n) is 3.56. The first-order chi connectivity index (χ1) is 12.1. The molecule has 1 fully saturated rings. The van der Waals surface area contributed by atoms with Crippen molar-refractivity contribution in [3.05, 3.63) is 53.6 Å². The van der Waals surface area contributed by atoms with E-state index < -0.39 is 10.0 Å². The van der Waals surface area contributed by atoms with E-state index in [9.17, 15) is 8.42 Å². The highest BCUT2D eigenvalue weighted by atomic mass is 32.2. The second-order valence-corrected chi connectivity index (χ2v) is 8.38. The standard InChI is InChI=1S/C19H21NO4S/c1-14-4-2-5-15(12-14)17-6-3-9-20(17)25(21,22)16-7-8-18-19(13-16)24-11-10-23-18/h2,4-5,7-8,12-13,17H,3,6,9-11H2,1H3/t17-/m1/s1. The number of hydrogen-bond donors (Lipinski definition) is 0. The highest BCUT2D eigenvalue weighted by Gasteiger charge is 2.36. The molecule has 4 rings (SSSR count). The summed E-state index contributed by atoms with van der Waals surface area (Å²) in [6, 6.07) is 12.8. The highest BCUT2D eigenvalue weighted by Crippen LogP contribution is 2.39. The van der Waals surface area contributed by atoms with E-state index in [1.54, 1.807) is 22.5 Å². The van der Waals surface area contributed by atoms with Crippen LogP contribution in [0.2, 0.25) is 0 Å². The maximum absolute atomic E-state index is 13.2. The summed E-state index contributed by atoms with van der Waals surface area (Å²) in [6.07, 6.45) is 1.70. The van der Waals surface area contributed by atoms with Gasteiger partial charge in [-0.2, -0.15) is 4.31 Å². The predicted molar refractivity (Wildman–Crippen MR) is 94.5 cm³/mol. The Bertz CT molecular complexity index is 894. The van der Waals surface area contributed by atoms with E-state index in [4.69, 9.17) is 9.47 Å². The van der Waals surface area contributed by atoms with E-state index in [-0.39, 0.29) is 10.9 Å². The summed E-state index contributed by atoms with van der Waals surface area (Å²) in [5.41, 5.74) is 2.19. The normalized spacial score (nSPS) is 20.6. The second kappa shape index (κ2) is 6.35. The molecule has 0 amide bonds. The third-order valence-electron chi connectivity index (χ3n) is 4.75. The van der Waals surface area contributed by atoms with E-state index in [2.05, 4.69) is 6.07 Å². The Balaban J connectivity index is 1.69. The molecule has 2 heterocycles. The van der Waals surface area contributed by atoms with Crippen molar-refractivity contribution in [3.63, 3.8) is 0 Å². The van der Waals surface area contributed by atoms with Crippen molar-refractivity contribution in [1.82, 2.24) is 4.31 Å². The summed E-state index contributed by atoms with van der Waals surface area (Å²) in [7, 11) is -3.58. The molecule has 1 saturated heterocycles. The van der Waals surface area contributed by atoms with Crippen LogP contribution >= 0.6 is 0 Å². The van der Waals surface area contributed by atoms with Gasteiger partial charge >= 0.3 is 0 Å². The van der Waals surface area contributed by atoms with Crippen LogP contribution in [0.1, 0.15) is 30.0 Å². The van der Waals surface area contributed by atoms with Gasteiger partial charge in [-0.05, 0) is 37.5 Å². The summed E-state index contributed by atoms with van der Waals surface area (Å²) < 4.78 is 39.1. The van der Waals surface area contributed by atoms with Crippen molar-refractivity contribution in [2.24, 2.45) is 0 Å². The van der Waals surface area contributed by atoms with Gasteiger partial charge in [-0.25, -0.2) is 8.42 Å². The van der Waals surface area contributed by atoms with Crippen molar-refractivity contribution >= 4 is 10.0 Å². The molecule has 2 aliphatic rings. The Morgan fingerprint density at radius 3 is 2.64 bits per heavy atom. The lowest BCUT2D eigenvalue weighted by molar-refractivity contribution is 0.171. The van der Waals surface area contributed by atoms with Crippen LogP contribution in [-0.2, 0) is 10.0 Å². The molecular formula is C19H21NO4S. The molecule has 0 bridgehead atoms. The van der Waals surface area contributed by atoms with E-state index in [1.807, 2.05) is 25.1 Å². The predicted octanol–water partition coefficient (Wildman–Crippen LogP) is 3.29. The molecule has 5 nitrogen and oxygen atoms in total. The molecule has 0 radical (unpaired) electrons. The van der Waals surface area contributed by atoms with Gasteiger partial charge in [0.2, 0.25) is 10.0 Å². The molecular weight excluding hydrogens is 338 g/mol. The molecule has 1 atom stereocenters. The number of rotatable bonds is 3. The lowest BCUT2D eigenvalue weighted by atomic mass is 10.0. The van der Waals surface area contributed by atoms with E-state index in [0.29, 0.717) is 31.3 Å². The van der Waals surface area contributed by atoms with Crippen LogP contribution in [0.5, 0.6) is 11.5 Å². The maximum atomic E-state index is 13.2. The van der Waals surface area contributed by atoms with Crippen molar-refractivity contribution < 1.29 is 17.9 Å². The van der Waals surface area contributed by atoms with Gasteiger partial charge in [0.05, 0.1) is 10.9 Å². The monoisotopic (exact) mass is 359 g/mol. The zero-order chi connectivity index (χ0) is 17.4. The highest BCUT2D eigenvalue weighted by molar-refractivity contribution is 7.89. The molecule has 25 heavy (non-hydrogen) atoms. The van der Waals surface area contributed by atoms with E-state index >= 15 is 0 Å². The Morgan fingerprint density at radius 1 is 1.04 bits per heavy atom. The first-order valence-corrected chi connectivity index (χ1v) is 9.98. The number of aryl methyl sites for hydroxylation is 1. The van der Waals surface area contributed by atoms with Gasteiger partial charge in [0.1, 0.15) is 13.2 Å². The van der Waals surface area contributed by atoms with Crippen molar-refractivity contribution in [3.8, 4) is 11.5 Å². The number of ether oxygens (including phenoxy) is 2. The van der Waals surface area contributed by atoms with Gasteiger partial charge in [0.15, 0.2) is 11.5 Å². The summed E-state index contributed by atoms with van der Waals surface area (Å²) in [4.78, 5) is 0.260. The number of sulfonamides is 1. The van der Waals surface area contributed by atoms with E-state index in [0.717, 1.165) is 24.0 Å². The summed E-state index contributed by atoms with van der Waals surface area (Å²) in [6.45, 7) is 3.49. The lowest BCUT2D eigenvalue weighted by Gasteiger charge is -2.25. The fraction of sp³-hybridized carbons (Fsp3) is 0.368. The fourth-order valence-corrected chi connectivity index (χ4v) is 5.26. The molecule has 0 unspecified atom stereocenters. The molecule has 0 saturated carbocycles. The van der Waals surface area contributed by atoms with Gasteiger partial charge < -0.3 is 9.47 Å². The first kappa shape index (κ1) is 16.4. The Labute approximate surface area is 148 Å². The van der Waals surface area contributed by atoms with E-state index in [1.165, 1.54) is 0 Å². The van der Waals surface area contributed by atoms with Gasteiger partial charge in [0.25, 0.3) is 0 Å². The van der Waals surface area contributed by atoms with Crippen LogP contribution in [0.25, 0.3) is 0 Å². The average molecular weight is 359 g/mol. The average Bonchev–Trinajstić information content (AvgIpc) is 3.12. The smallest absolute Gasteiger partial charge is 0.243 e. The number of fused-ring (bicyclic) bond motifs is 1. The topological polar surface area (TPSA) is 55.8 Å². The Kier molecular flexibility index (Phi) is 4.17. The summed E-state index contributed by atoms with van der Waals surface area (Å²) >= 11 is 0. The van der Waals surface area contributed by atoms with Crippen LogP contribution in [-0.4, -0.2) is 32.5 Å². The van der Waals surface area contributed by atoms with Gasteiger partial charge in [-0.3, -0.25) is 0 Å². The number of hydrogen-bond acceptors (Lipinski definition) is 4. The molecule has 2 aromatic carbocycles. The minimum Gasteiger partial charge on any atom is -0.486 e. The Morgan fingerprint density at radius 2 is 1.84 bits per heavy atom. The van der Waals surface area contributed by atoms with Crippen molar-refractivity contribution in [1.29, 1.82) is 0 Å². The van der Waals surface area contributed by atoms with Gasteiger partial charge in [-0.15, -0.1) is 0 Å². The largest absolute Gasteiger partial charge is 0.486 e. The zero-order valence-corrected chi connectivity index (χ0v) is 15.0. The van der Waals surface area contributed by atoms with Crippen LogP contribution in [0.15, 0.2) is 47.4 Å². The minimum atomic E-state index is -3.58. The maximum Gasteiger partial charge on any atom is 0.243 e. The van der Waals surface area contributed by atoms with Crippen molar-refractivity contribution in [2.45, 2.75) is 30.7 Å². The number of nitrogens with zero attached hydrogens (tertiary/aromatic N) is 1. The third-order valence-corrected chi connectivity index (χ3v) is 6.65. The lowest BCUT2D eigenvalue weighted by Crippen LogP contribution is -2.31. The zero-order valence-electron chi connectivity index (χ0n) is 14.1. The summed E-state index contributed by atoms with van der Waals surface area (Å²) in [5, 5.41) is 0. The first-order valence-electron chi connectivity index (χ1n) is 8.54. The molecule has 6 heteroatoms. The van der Waals surface area contributed by atoms with Crippen molar-refractivity contribution in [2.75, 3.05) is 19.8 Å². The quantitative estimate of drug-likeness (QED) is 0.844.